The van der Waals surface area contributed by atoms with Crippen molar-refractivity contribution in [3.8, 4) is 17.6 Å². The molecule has 9 heteroatoms. The van der Waals surface area contributed by atoms with Gasteiger partial charge >= 0.3 is 11.9 Å². The van der Waals surface area contributed by atoms with Gasteiger partial charge in [-0.05, 0) is 43.2 Å². The topological polar surface area (TPSA) is 115 Å². The first kappa shape index (κ1) is 24.6. The van der Waals surface area contributed by atoms with E-state index in [1.54, 1.807) is 25.1 Å². The smallest absolute Gasteiger partial charge is 0.340 e. The zero-order valence-corrected chi connectivity index (χ0v) is 19.1. The molecular weight excluding hydrogens is 432 g/mol. The summed E-state index contributed by atoms with van der Waals surface area (Å²) in [7, 11) is 1.27. The van der Waals surface area contributed by atoms with E-state index in [1.807, 2.05) is 13.0 Å². The van der Waals surface area contributed by atoms with Crippen molar-refractivity contribution in [2.75, 3.05) is 19.0 Å². The fourth-order valence-corrected chi connectivity index (χ4v) is 3.91. The number of ether oxygens (including phenoxy) is 3. The first-order chi connectivity index (χ1) is 15.3. The van der Waals surface area contributed by atoms with Crippen molar-refractivity contribution >= 4 is 40.3 Å². The maximum Gasteiger partial charge on any atom is 0.340 e. The second kappa shape index (κ2) is 11.7. The standard InChI is InChI=1S/C23H24N2O6S/c1-5-7-17-12-18(23(28)29-4)22(32-17)25-21(27)16(13-24)10-15-8-9-19(31-14(3)26)20(11-15)30-6-2/h8-12H,5-7H2,1-4H3,(H,25,27)/b16-10+. The largest absolute Gasteiger partial charge is 0.490 e. The van der Waals surface area contributed by atoms with E-state index in [1.165, 1.54) is 37.5 Å². The van der Waals surface area contributed by atoms with Gasteiger partial charge in [-0.25, -0.2) is 4.79 Å². The van der Waals surface area contributed by atoms with Crippen molar-refractivity contribution in [1.82, 2.24) is 0 Å². The summed E-state index contributed by atoms with van der Waals surface area (Å²) in [6.45, 7) is 5.40. The second-order valence-electron chi connectivity index (χ2n) is 6.55. The number of methoxy groups -OCH3 is 1. The van der Waals surface area contributed by atoms with E-state index in [-0.39, 0.29) is 16.9 Å². The van der Waals surface area contributed by atoms with Crippen LogP contribution in [-0.4, -0.2) is 31.6 Å². The number of carbonyl (C=O) groups is 3. The molecule has 2 aromatic rings. The SMILES string of the molecule is CCCc1cc(C(=O)OC)c(NC(=O)/C(C#N)=C/c2ccc(OC(C)=O)c(OCC)c2)s1. The summed E-state index contributed by atoms with van der Waals surface area (Å²) in [6.07, 6.45) is 3.01. The average Bonchev–Trinajstić information content (AvgIpc) is 3.15. The first-order valence-electron chi connectivity index (χ1n) is 9.92. The number of nitriles is 1. The number of rotatable bonds is 9. The van der Waals surface area contributed by atoms with Crippen LogP contribution < -0.4 is 14.8 Å². The molecule has 1 aromatic carbocycles. The summed E-state index contributed by atoms with van der Waals surface area (Å²) >= 11 is 1.27. The Kier molecular flexibility index (Phi) is 8.98. The molecule has 1 heterocycles. The number of anilines is 1. The molecule has 32 heavy (non-hydrogen) atoms. The highest BCUT2D eigenvalue weighted by molar-refractivity contribution is 7.16. The molecule has 0 aliphatic rings. The van der Waals surface area contributed by atoms with Gasteiger partial charge in [0.1, 0.15) is 16.6 Å². The predicted molar refractivity (Wildman–Crippen MR) is 121 cm³/mol. The number of nitrogens with one attached hydrogen (secondary N) is 1. The normalized spacial score (nSPS) is 10.8. The highest BCUT2D eigenvalue weighted by Crippen LogP contribution is 2.31. The number of benzene rings is 1. The number of carbonyl (C=O) groups excluding carboxylic acids is 3. The van der Waals surface area contributed by atoms with Gasteiger partial charge in [0.25, 0.3) is 5.91 Å². The zero-order chi connectivity index (χ0) is 23.7. The lowest BCUT2D eigenvalue weighted by molar-refractivity contribution is -0.132. The molecular formula is C23H24N2O6S. The molecule has 8 nitrogen and oxygen atoms in total. The van der Waals surface area contributed by atoms with Crippen molar-refractivity contribution in [2.45, 2.75) is 33.6 Å². The minimum Gasteiger partial charge on any atom is -0.490 e. The van der Waals surface area contributed by atoms with Gasteiger partial charge in [0.05, 0.1) is 19.3 Å². The maximum atomic E-state index is 12.8. The van der Waals surface area contributed by atoms with Crippen molar-refractivity contribution in [2.24, 2.45) is 0 Å². The second-order valence-corrected chi connectivity index (χ2v) is 7.69. The van der Waals surface area contributed by atoms with E-state index in [0.717, 1.165) is 17.7 Å². The number of thiophene rings is 1. The molecule has 0 spiro atoms. The molecule has 0 radical (unpaired) electrons. The molecule has 0 aliphatic heterocycles. The van der Waals surface area contributed by atoms with Crippen LogP contribution in [0.4, 0.5) is 5.00 Å². The van der Waals surface area contributed by atoms with Gasteiger partial charge in [0.2, 0.25) is 0 Å². The predicted octanol–water partition coefficient (Wildman–Crippen LogP) is 4.36. The van der Waals surface area contributed by atoms with Crippen molar-refractivity contribution in [3.63, 3.8) is 0 Å². The summed E-state index contributed by atoms with van der Waals surface area (Å²) in [5.41, 5.74) is 0.576. The number of hydrogen-bond acceptors (Lipinski definition) is 8. The Morgan fingerprint density at radius 2 is 1.94 bits per heavy atom. The van der Waals surface area contributed by atoms with Crippen molar-refractivity contribution < 1.29 is 28.6 Å². The molecule has 0 saturated heterocycles. The van der Waals surface area contributed by atoms with Crippen LogP contribution in [0.25, 0.3) is 6.08 Å². The van der Waals surface area contributed by atoms with Crippen LogP contribution in [0.2, 0.25) is 0 Å². The molecule has 0 aliphatic carbocycles. The van der Waals surface area contributed by atoms with Gasteiger partial charge in [-0.15, -0.1) is 11.3 Å². The van der Waals surface area contributed by atoms with Crippen LogP contribution in [0, 0.1) is 11.3 Å². The van der Waals surface area contributed by atoms with E-state index >= 15 is 0 Å². The fraction of sp³-hybridized carbons (Fsp3) is 0.304. The zero-order valence-electron chi connectivity index (χ0n) is 18.3. The number of esters is 2. The van der Waals surface area contributed by atoms with E-state index in [2.05, 4.69) is 5.32 Å². The van der Waals surface area contributed by atoms with Crippen LogP contribution >= 0.6 is 11.3 Å². The summed E-state index contributed by atoms with van der Waals surface area (Å²) < 4.78 is 15.4. The minimum absolute atomic E-state index is 0.172. The molecule has 0 atom stereocenters. The fourth-order valence-electron chi connectivity index (χ4n) is 2.77. The quantitative estimate of drug-likeness (QED) is 0.258. The van der Waals surface area contributed by atoms with Crippen molar-refractivity contribution in [3.05, 3.63) is 45.8 Å². The van der Waals surface area contributed by atoms with Crippen LogP contribution in [0.5, 0.6) is 11.5 Å². The van der Waals surface area contributed by atoms with E-state index < -0.39 is 17.8 Å². The summed E-state index contributed by atoms with van der Waals surface area (Å²) in [4.78, 5) is 37.0. The molecule has 1 N–H and O–H groups in total. The lowest BCUT2D eigenvalue weighted by Gasteiger charge is -2.10. The number of hydrogen-bond donors (Lipinski definition) is 1. The van der Waals surface area contributed by atoms with Crippen LogP contribution in [-0.2, 0) is 20.7 Å². The molecule has 1 amide bonds. The Balaban J connectivity index is 2.34. The Labute approximate surface area is 190 Å². The molecule has 2 rings (SSSR count). The van der Waals surface area contributed by atoms with E-state index in [4.69, 9.17) is 14.2 Å². The van der Waals surface area contributed by atoms with Crippen LogP contribution in [0.1, 0.15) is 48.0 Å². The average molecular weight is 457 g/mol. The van der Waals surface area contributed by atoms with Gasteiger partial charge in [0.15, 0.2) is 11.5 Å². The minimum atomic E-state index is -0.662. The third kappa shape index (κ3) is 6.43. The molecule has 0 unspecified atom stereocenters. The number of amides is 1. The molecule has 0 saturated carbocycles. The van der Waals surface area contributed by atoms with Crippen molar-refractivity contribution in [1.29, 1.82) is 5.26 Å². The van der Waals surface area contributed by atoms with E-state index in [0.29, 0.717) is 22.9 Å². The highest BCUT2D eigenvalue weighted by Gasteiger charge is 2.20. The Hall–Kier alpha value is -3.64. The number of nitrogens with zero attached hydrogens (tertiary/aromatic N) is 1. The first-order valence-corrected chi connectivity index (χ1v) is 10.7. The van der Waals surface area contributed by atoms with Crippen LogP contribution in [0.15, 0.2) is 29.8 Å². The maximum absolute atomic E-state index is 12.8. The summed E-state index contributed by atoms with van der Waals surface area (Å²) in [5, 5.41) is 12.5. The summed E-state index contributed by atoms with van der Waals surface area (Å²) in [6, 6.07) is 8.25. The Morgan fingerprint density at radius 3 is 2.53 bits per heavy atom. The van der Waals surface area contributed by atoms with Gasteiger partial charge in [0, 0.05) is 11.8 Å². The summed E-state index contributed by atoms with van der Waals surface area (Å²) in [5.74, 6) is -1.17. The molecule has 0 bridgehead atoms. The molecule has 0 fully saturated rings. The van der Waals surface area contributed by atoms with Crippen LogP contribution in [0.3, 0.4) is 0 Å². The Morgan fingerprint density at radius 1 is 1.19 bits per heavy atom. The Bertz CT molecular complexity index is 1080. The van der Waals surface area contributed by atoms with Gasteiger partial charge in [-0.2, -0.15) is 5.26 Å². The highest BCUT2D eigenvalue weighted by atomic mass is 32.1. The van der Waals surface area contributed by atoms with Gasteiger partial charge in [-0.3, -0.25) is 9.59 Å². The molecule has 1 aromatic heterocycles. The van der Waals surface area contributed by atoms with Gasteiger partial charge < -0.3 is 19.5 Å². The monoisotopic (exact) mass is 456 g/mol. The lowest BCUT2D eigenvalue weighted by Crippen LogP contribution is -2.15. The third-order valence-corrected chi connectivity index (χ3v) is 5.22. The third-order valence-electron chi connectivity index (χ3n) is 4.11. The number of aryl methyl sites for hydroxylation is 1. The lowest BCUT2D eigenvalue weighted by atomic mass is 10.1. The van der Waals surface area contributed by atoms with Gasteiger partial charge in [-0.1, -0.05) is 19.4 Å². The molecule has 168 valence electrons. The van der Waals surface area contributed by atoms with E-state index in [9.17, 15) is 19.6 Å².